The van der Waals surface area contributed by atoms with E-state index in [1.54, 1.807) is 58.0 Å². The molecule has 0 aliphatic heterocycles. The number of aromatic nitrogens is 4. The van der Waals surface area contributed by atoms with Crippen LogP contribution >= 0.6 is 15.9 Å². The molecule has 0 spiro atoms. The third-order valence-electron chi connectivity index (χ3n) is 17.8. The monoisotopic (exact) mass is 1410 g/mol. The van der Waals surface area contributed by atoms with Crippen LogP contribution in [0.5, 0.6) is 0 Å². The van der Waals surface area contributed by atoms with E-state index in [0.717, 1.165) is 71.2 Å². The Kier molecular flexibility index (Phi) is 20.5. The Hall–Kier alpha value is -12.8. The first kappa shape index (κ1) is 69.7. The van der Waals surface area contributed by atoms with Crippen LogP contribution in [0.3, 0.4) is 0 Å². The minimum absolute atomic E-state index is 0.0122. The number of fused-ring (bicyclic) bond motifs is 4. The minimum atomic E-state index is -1.01. The van der Waals surface area contributed by atoms with Gasteiger partial charge in [-0.2, -0.15) is 5.26 Å². The molecule has 14 heteroatoms. The molecule has 16 aromatic rings. The minimum Gasteiger partial charge on any atom is -0.456 e. The first-order valence-electron chi connectivity index (χ1n) is 33.4. The maximum atomic E-state index is 13.3. The van der Waals surface area contributed by atoms with Gasteiger partial charge >= 0.3 is 0 Å². The van der Waals surface area contributed by atoms with E-state index in [1.165, 1.54) is 0 Å². The fourth-order valence-electron chi connectivity index (χ4n) is 11.6. The van der Waals surface area contributed by atoms with Crippen LogP contribution in [0, 0.1) is 17.9 Å². The molecule has 4 heterocycles. The Morgan fingerprint density at radius 1 is 0.375 bits per heavy atom. The summed E-state index contributed by atoms with van der Waals surface area (Å²) in [6.45, 7) is 14.5. The molecule has 0 bridgehead atoms. The van der Waals surface area contributed by atoms with Crippen molar-refractivity contribution in [3.63, 3.8) is 0 Å². The Bertz CT molecular complexity index is 6060. The third-order valence-corrected chi connectivity index (χ3v) is 18.3. The lowest BCUT2D eigenvalue weighted by molar-refractivity contribution is -0.107. The van der Waals surface area contributed by atoms with Gasteiger partial charge in [0.15, 0.2) is 11.6 Å². The van der Waals surface area contributed by atoms with Crippen molar-refractivity contribution in [2.45, 2.75) is 38.9 Å². The van der Waals surface area contributed by atoms with Crippen LogP contribution in [-0.4, -0.2) is 49.2 Å². The normalized spacial score (nSPS) is 11.1. The lowest BCUT2D eigenvalue weighted by atomic mass is 9.90. The van der Waals surface area contributed by atoms with Gasteiger partial charge in [0.25, 0.3) is 0 Å². The van der Waals surface area contributed by atoms with E-state index < -0.39 is 11.2 Å². The largest absolute Gasteiger partial charge is 0.456 e. The van der Waals surface area contributed by atoms with Gasteiger partial charge in [0.2, 0.25) is 16.5 Å². The van der Waals surface area contributed by atoms with Crippen molar-refractivity contribution >= 4 is 78.8 Å². The predicted molar refractivity (Wildman–Crippen MR) is 423 cm³/mol. The summed E-state index contributed by atoms with van der Waals surface area (Å²) in [4.78, 5) is 49.0. The van der Waals surface area contributed by atoms with Crippen molar-refractivity contribution in [1.29, 1.82) is 5.26 Å². The van der Waals surface area contributed by atoms with Crippen molar-refractivity contribution in [1.82, 2.24) is 19.9 Å². The molecule has 16 rings (SSSR count). The van der Waals surface area contributed by atoms with Crippen LogP contribution in [0.4, 0.5) is 5.69 Å². The van der Waals surface area contributed by atoms with E-state index in [9.17, 15) is 14.9 Å². The topological polar surface area (TPSA) is 181 Å². The average Bonchev–Trinajstić information content (AvgIpc) is 0.791. The second-order valence-electron chi connectivity index (χ2n) is 25.6. The molecule has 12 nitrogen and oxygen atoms in total. The molecule has 0 saturated heterocycles. The maximum absolute atomic E-state index is 13.3. The van der Waals surface area contributed by atoms with E-state index in [0.29, 0.717) is 95.0 Å². The van der Waals surface area contributed by atoms with Crippen LogP contribution in [0.15, 0.2) is 326 Å². The molecule has 0 fully saturated rings. The summed E-state index contributed by atoms with van der Waals surface area (Å²) in [6, 6.07) is 99.5. The zero-order valence-electron chi connectivity index (χ0n) is 57.0. The summed E-state index contributed by atoms with van der Waals surface area (Å²) in [5, 5.41) is 30.7. The lowest BCUT2D eigenvalue weighted by Crippen LogP contribution is -2.44. The summed E-state index contributed by atoms with van der Waals surface area (Å²) in [5.41, 5.74) is 15.4. The van der Waals surface area contributed by atoms with E-state index in [4.69, 9.17) is 53.4 Å². The Morgan fingerprint density at radius 3 is 1.15 bits per heavy atom. The molecule has 0 atom stereocenters. The Balaban J connectivity index is 0.000000145. The quantitative estimate of drug-likeness (QED) is 0.0755. The highest BCUT2D eigenvalue weighted by Gasteiger charge is 2.32. The number of halogens is 1. The first-order valence-corrected chi connectivity index (χ1v) is 34.2. The molecular weight excluding hydrogens is 1350 g/mol. The third kappa shape index (κ3) is 15.4. The summed E-state index contributed by atoms with van der Waals surface area (Å²) in [6.07, 6.45) is 0. The van der Waals surface area contributed by atoms with Gasteiger partial charge in [-0.15, -0.1) is 0 Å². The van der Waals surface area contributed by atoms with Crippen molar-refractivity contribution in [3.05, 3.63) is 345 Å². The standard InChI is InChI=1S/C42H25N3O2.C29H18BN3.C13H7BrO2.C6H14O2/c1-43-40-38(27-12-4-2-5-13-27)44-42(28-14-6-3-7-15-28)45-39(40)33-19-11-18-31(25-33)29-16-10-17-30(24-29)32-22-23-37-35(26-32)41(46)34-20-8-9-21-36(34)47-37;30-25-16-8-14-23(18-25)22-13-7-15-24(17-22)28-26(19-31)27(20-9-3-1-4-10-20)32-29(33-28)21-11-5-2-6-12-21;14-8-5-6-12-10(7-8)13(15)9-3-1-2-4-11(9)16-12;1-5(2,7)6(3,4)8/h2-26H;1-18H;1-7H;7-8H,1-4H3. The summed E-state index contributed by atoms with van der Waals surface area (Å²) < 4.78 is 12.6. The van der Waals surface area contributed by atoms with Gasteiger partial charge in [-0.3, -0.25) is 9.59 Å². The Labute approximate surface area is 610 Å². The van der Waals surface area contributed by atoms with E-state index >= 15 is 0 Å². The van der Waals surface area contributed by atoms with Crippen molar-refractivity contribution < 1.29 is 19.0 Å². The first-order chi connectivity index (χ1) is 50.4. The molecule has 0 saturated carbocycles. The number of nitrogens with zero attached hydrogens (tertiary/aromatic N) is 6. The van der Waals surface area contributed by atoms with Gasteiger partial charge in [-0.05, 0) is 145 Å². The molecule has 2 N–H and O–H groups in total. The number of rotatable bonds is 10. The average molecular weight is 1420 g/mol. The number of benzene rings is 12. The second-order valence-corrected chi connectivity index (χ2v) is 26.5. The zero-order chi connectivity index (χ0) is 72.5. The molecule has 0 unspecified atom stereocenters. The summed E-state index contributed by atoms with van der Waals surface area (Å²) >= 11 is 3.35. The molecule has 0 amide bonds. The van der Waals surface area contributed by atoms with Gasteiger partial charge in [-0.1, -0.05) is 252 Å². The highest BCUT2D eigenvalue weighted by Crippen LogP contribution is 2.41. The Morgan fingerprint density at radius 2 is 0.702 bits per heavy atom. The molecular formula is C90H64BBrN6O6. The van der Waals surface area contributed by atoms with Crippen molar-refractivity contribution in [3.8, 4) is 107 Å². The smallest absolute Gasteiger partial charge is 0.238 e. The van der Waals surface area contributed by atoms with E-state index in [-0.39, 0.29) is 10.9 Å². The molecule has 4 aromatic heterocycles. The number of aliphatic hydroxyl groups is 2. The maximum Gasteiger partial charge on any atom is 0.238 e. The predicted octanol–water partition coefficient (Wildman–Crippen LogP) is 20.7. The van der Waals surface area contributed by atoms with Crippen molar-refractivity contribution in [2.75, 3.05) is 0 Å². The van der Waals surface area contributed by atoms with Crippen LogP contribution in [-0.2, 0) is 0 Å². The summed E-state index contributed by atoms with van der Waals surface area (Å²) in [7, 11) is 6.00. The van der Waals surface area contributed by atoms with Crippen LogP contribution in [0.25, 0.3) is 150 Å². The van der Waals surface area contributed by atoms with Gasteiger partial charge in [0.05, 0.1) is 62.1 Å². The SMILES string of the molecule is CC(C)(O)C(C)(C)O.O=c1c2ccccc2oc2ccc(Br)cc12.[B]c1cccc(-c2cccc(-c3nc(-c4ccccc4)nc(-c4ccccc4)c3C#N)c2)c1.[C-]#[N+]c1c(-c2ccccc2)nc(-c2ccccc2)nc1-c1cccc(-c2cccc(-c3ccc4oc5ccccc5c(=O)c4c3)c2)c1. The van der Waals surface area contributed by atoms with Crippen molar-refractivity contribution in [2.24, 2.45) is 0 Å². The molecule has 500 valence electrons. The number of hydrogen-bond donors (Lipinski definition) is 2. The van der Waals surface area contributed by atoms with Gasteiger partial charge in [0, 0.05) is 26.7 Å². The second kappa shape index (κ2) is 30.6. The number of para-hydroxylation sites is 2. The van der Waals surface area contributed by atoms with E-state index in [1.807, 2.05) is 249 Å². The van der Waals surface area contributed by atoms with Gasteiger partial charge in [-0.25, -0.2) is 24.8 Å². The van der Waals surface area contributed by atoms with E-state index in [2.05, 4.69) is 51.1 Å². The number of nitriles is 1. The number of hydrogen-bond acceptors (Lipinski definition) is 11. The molecule has 104 heavy (non-hydrogen) atoms. The molecule has 2 radical (unpaired) electrons. The highest BCUT2D eigenvalue weighted by molar-refractivity contribution is 9.10. The van der Waals surface area contributed by atoms with Crippen LogP contribution < -0.4 is 16.3 Å². The summed E-state index contributed by atoms with van der Waals surface area (Å²) in [5.74, 6) is 1.14. The highest BCUT2D eigenvalue weighted by atomic mass is 79.9. The zero-order valence-corrected chi connectivity index (χ0v) is 58.6. The molecule has 0 aliphatic carbocycles. The molecule has 0 aliphatic rings. The van der Waals surface area contributed by atoms with Gasteiger partial charge in [0.1, 0.15) is 41.8 Å². The molecule has 12 aromatic carbocycles. The van der Waals surface area contributed by atoms with Gasteiger partial charge < -0.3 is 19.0 Å². The fraction of sp³-hybridized carbons (Fsp3) is 0.0667. The van der Waals surface area contributed by atoms with Crippen LogP contribution in [0.2, 0.25) is 0 Å². The fourth-order valence-corrected chi connectivity index (χ4v) is 12.0. The lowest BCUT2D eigenvalue weighted by Gasteiger charge is -2.31. The van der Waals surface area contributed by atoms with Crippen LogP contribution in [0.1, 0.15) is 33.3 Å².